The third-order valence-corrected chi connectivity index (χ3v) is 7.88. The van der Waals surface area contributed by atoms with E-state index < -0.39 is 18.0 Å². The zero-order valence-corrected chi connectivity index (χ0v) is 20.0. The van der Waals surface area contributed by atoms with Crippen LogP contribution in [0.2, 0.25) is 0 Å². The SMILES string of the molecule is CC(CCCC(=O)N1[C@@H]2CC[C@H]1[C@@H](C(=O)O)C2)NC(=O)OCC1c2ccccc2-c2ccccc21. The molecule has 2 N–H and O–H groups in total. The number of nitrogens with zero attached hydrogens (tertiary/aromatic N) is 1. The van der Waals surface area contributed by atoms with Gasteiger partial charge in [-0.2, -0.15) is 0 Å². The summed E-state index contributed by atoms with van der Waals surface area (Å²) in [5.74, 6) is -1.16. The second-order valence-corrected chi connectivity index (χ2v) is 10.0. The van der Waals surface area contributed by atoms with Crippen LogP contribution < -0.4 is 5.32 Å². The number of aliphatic carboxylic acids is 1. The molecule has 2 aliphatic heterocycles. The highest BCUT2D eigenvalue weighted by Crippen LogP contribution is 2.44. The lowest BCUT2D eigenvalue weighted by Gasteiger charge is -2.23. The Labute approximate surface area is 205 Å². The van der Waals surface area contributed by atoms with Crippen molar-refractivity contribution in [1.82, 2.24) is 10.2 Å². The topological polar surface area (TPSA) is 95.9 Å². The van der Waals surface area contributed by atoms with Gasteiger partial charge in [0.1, 0.15) is 6.61 Å². The van der Waals surface area contributed by atoms with Crippen LogP contribution in [0, 0.1) is 5.92 Å². The number of ether oxygens (including phenoxy) is 1. The lowest BCUT2D eigenvalue weighted by atomic mass is 9.89. The number of rotatable bonds is 8. The molecule has 1 aliphatic carbocycles. The number of carboxylic acids is 1. The summed E-state index contributed by atoms with van der Waals surface area (Å²) in [7, 11) is 0. The third kappa shape index (κ3) is 4.51. The van der Waals surface area contributed by atoms with Gasteiger partial charge < -0.3 is 20.1 Å². The Kier molecular flexibility index (Phi) is 6.50. The molecule has 2 saturated heterocycles. The largest absolute Gasteiger partial charge is 0.481 e. The van der Waals surface area contributed by atoms with E-state index in [2.05, 4.69) is 29.6 Å². The van der Waals surface area contributed by atoms with Gasteiger partial charge >= 0.3 is 12.1 Å². The van der Waals surface area contributed by atoms with Crippen LogP contribution in [0.3, 0.4) is 0 Å². The van der Waals surface area contributed by atoms with Crippen LogP contribution in [-0.4, -0.2) is 52.7 Å². The minimum atomic E-state index is -0.795. The van der Waals surface area contributed by atoms with Crippen LogP contribution >= 0.6 is 0 Å². The Morgan fingerprint density at radius 2 is 1.71 bits per heavy atom. The normalized spacial score (nSPS) is 23.0. The summed E-state index contributed by atoms with van der Waals surface area (Å²) >= 11 is 0. The van der Waals surface area contributed by atoms with Crippen LogP contribution in [0.4, 0.5) is 4.79 Å². The zero-order chi connectivity index (χ0) is 24.5. The highest BCUT2D eigenvalue weighted by molar-refractivity contribution is 5.81. The van der Waals surface area contributed by atoms with Gasteiger partial charge in [-0.25, -0.2) is 4.79 Å². The first-order chi connectivity index (χ1) is 16.9. The molecule has 0 spiro atoms. The number of carbonyl (C=O) groups excluding carboxylic acids is 2. The van der Waals surface area contributed by atoms with Crippen molar-refractivity contribution in [2.45, 2.75) is 69.5 Å². The maximum absolute atomic E-state index is 12.7. The van der Waals surface area contributed by atoms with Crippen molar-refractivity contribution < 1.29 is 24.2 Å². The molecule has 2 amide bonds. The Morgan fingerprint density at radius 1 is 1.06 bits per heavy atom. The van der Waals surface area contributed by atoms with E-state index in [0.29, 0.717) is 25.7 Å². The van der Waals surface area contributed by atoms with Crippen molar-refractivity contribution in [2.75, 3.05) is 6.61 Å². The van der Waals surface area contributed by atoms with E-state index in [1.165, 1.54) is 22.3 Å². The molecule has 0 aromatic heterocycles. The van der Waals surface area contributed by atoms with Crippen molar-refractivity contribution in [3.05, 3.63) is 59.7 Å². The number of benzene rings is 2. The van der Waals surface area contributed by atoms with E-state index >= 15 is 0 Å². The number of hydrogen-bond acceptors (Lipinski definition) is 4. The average Bonchev–Trinajstić information content (AvgIpc) is 3.52. The fourth-order valence-electron chi connectivity index (χ4n) is 6.24. The average molecular weight is 477 g/mol. The van der Waals surface area contributed by atoms with E-state index in [-0.39, 0.29) is 36.6 Å². The fraction of sp³-hybridized carbons (Fsp3) is 0.464. The molecule has 0 radical (unpaired) electrons. The number of nitrogens with one attached hydrogen (secondary N) is 1. The third-order valence-electron chi connectivity index (χ3n) is 7.88. The summed E-state index contributed by atoms with van der Waals surface area (Å²) in [6, 6.07) is 16.3. The Bertz CT molecular complexity index is 1090. The molecule has 4 atom stereocenters. The van der Waals surface area contributed by atoms with Crippen LogP contribution in [0.15, 0.2) is 48.5 Å². The van der Waals surface area contributed by atoms with Gasteiger partial charge in [0, 0.05) is 30.5 Å². The molecule has 2 fully saturated rings. The number of carboxylic acid groups (broad SMARTS) is 1. The van der Waals surface area contributed by atoms with Crippen LogP contribution in [-0.2, 0) is 14.3 Å². The molecule has 5 rings (SSSR count). The van der Waals surface area contributed by atoms with Gasteiger partial charge in [0.15, 0.2) is 0 Å². The summed E-state index contributed by atoms with van der Waals surface area (Å²) in [6.07, 6.45) is 3.47. The van der Waals surface area contributed by atoms with Gasteiger partial charge in [-0.1, -0.05) is 48.5 Å². The van der Waals surface area contributed by atoms with Crippen LogP contribution in [0.25, 0.3) is 11.1 Å². The smallest absolute Gasteiger partial charge is 0.407 e. The summed E-state index contributed by atoms with van der Waals surface area (Å²) < 4.78 is 5.61. The van der Waals surface area contributed by atoms with Gasteiger partial charge in [-0.15, -0.1) is 0 Å². The maximum Gasteiger partial charge on any atom is 0.407 e. The number of alkyl carbamates (subject to hydrolysis) is 1. The Morgan fingerprint density at radius 3 is 2.34 bits per heavy atom. The molecule has 2 heterocycles. The second kappa shape index (κ2) is 9.72. The number of amides is 2. The fourth-order valence-corrected chi connectivity index (χ4v) is 6.24. The van der Waals surface area contributed by atoms with Crippen molar-refractivity contribution in [1.29, 1.82) is 0 Å². The molecule has 0 saturated carbocycles. The van der Waals surface area contributed by atoms with Gasteiger partial charge in [0.2, 0.25) is 5.91 Å². The highest BCUT2D eigenvalue weighted by Gasteiger charge is 2.50. The Balaban J connectivity index is 1.07. The molecule has 184 valence electrons. The van der Waals surface area contributed by atoms with Crippen LogP contribution in [0.1, 0.15) is 62.5 Å². The maximum atomic E-state index is 12.7. The monoisotopic (exact) mass is 476 g/mol. The predicted octanol–water partition coefficient (Wildman–Crippen LogP) is 4.55. The first-order valence-electron chi connectivity index (χ1n) is 12.6. The van der Waals surface area contributed by atoms with Crippen molar-refractivity contribution in [3.63, 3.8) is 0 Å². The van der Waals surface area contributed by atoms with Crippen molar-refractivity contribution >= 4 is 18.0 Å². The first kappa shape index (κ1) is 23.4. The molecular weight excluding hydrogens is 444 g/mol. The van der Waals surface area contributed by atoms with Gasteiger partial charge in [0.25, 0.3) is 0 Å². The van der Waals surface area contributed by atoms with E-state index in [4.69, 9.17) is 4.74 Å². The molecule has 1 unspecified atom stereocenters. The zero-order valence-electron chi connectivity index (χ0n) is 20.0. The first-order valence-corrected chi connectivity index (χ1v) is 12.6. The number of hydrogen-bond donors (Lipinski definition) is 2. The van der Waals surface area contributed by atoms with Gasteiger partial charge in [-0.05, 0) is 61.3 Å². The van der Waals surface area contributed by atoms with E-state index in [1.807, 2.05) is 36.1 Å². The van der Waals surface area contributed by atoms with E-state index in [9.17, 15) is 19.5 Å². The number of fused-ring (bicyclic) bond motifs is 5. The molecule has 7 nitrogen and oxygen atoms in total. The van der Waals surface area contributed by atoms with Crippen molar-refractivity contribution in [3.8, 4) is 11.1 Å². The molecule has 2 aromatic rings. The van der Waals surface area contributed by atoms with Crippen molar-refractivity contribution in [2.24, 2.45) is 5.92 Å². The lowest BCUT2D eigenvalue weighted by Crippen LogP contribution is -2.38. The molecule has 3 aliphatic rings. The standard InChI is InChI=1S/C28H32N2O5/c1-17(7-6-12-26(31)30-18-13-14-25(30)23(15-18)27(32)33)29-28(34)35-16-24-21-10-4-2-8-19(21)20-9-3-5-11-22(20)24/h2-5,8-11,17-18,23-25H,6-7,12-16H2,1H3,(H,29,34)(H,32,33)/t17?,18-,23+,25+/m1/s1. The molecular formula is C28H32N2O5. The summed E-state index contributed by atoms with van der Waals surface area (Å²) in [5.41, 5.74) is 4.73. The minimum Gasteiger partial charge on any atom is -0.481 e. The molecule has 35 heavy (non-hydrogen) atoms. The van der Waals surface area contributed by atoms with E-state index in [1.54, 1.807) is 0 Å². The molecule has 7 heteroatoms. The Hall–Kier alpha value is -3.35. The summed E-state index contributed by atoms with van der Waals surface area (Å²) in [5, 5.41) is 12.3. The van der Waals surface area contributed by atoms with Gasteiger partial charge in [0.05, 0.1) is 5.92 Å². The van der Waals surface area contributed by atoms with Crippen LogP contribution in [0.5, 0.6) is 0 Å². The lowest BCUT2D eigenvalue weighted by molar-refractivity contribution is -0.143. The quantitative estimate of drug-likeness (QED) is 0.583. The highest BCUT2D eigenvalue weighted by atomic mass is 16.5. The second-order valence-electron chi connectivity index (χ2n) is 10.0. The van der Waals surface area contributed by atoms with E-state index in [0.717, 1.165) is 12.8 Å². The molecule has 2 aromatic carbocycles. The number of carbonyl (C=O) groups is 3. The van der Waals surface area contributed by atoms with Gasteiger partial charge in [-0.3, -0.25) is 9.59 Å². The summed E-state index contributed by atoms with van der Waals surface area (Å²) in [4.78, 5) is 38.5. The minimum absolute atomic E-state index is 0.0199. The predicted molar refractivity (Wildman–Crippen MR) is 131 cm³/mol. The molecule has 2 bridgehead atoms. The summed E-state index contributed by atoms with van der Waals surface area (Å²) in [6.45, 7) is 2.18.